The van der Waals surface area contributed by atoms with Gasteiger partial charge in [-0.05, 0) is 43.0 Å². The number of anilines is 2. The zero-order valence-electron chi connectivity index (χ0n) is 11.4. The molecule has 1 aromatic carbocycles. The second kappa shape index (κ2) is 6.43. The molecular formula is C14H21N3O2. The highest BCUT2D eigenvalue weighted by Gasteiger charge is 2.30. The molecule has 1 fully saturated rings. The van der Waals surface area contributed by atoms with Crippen molar-refractivity contribution in [1.29, 1.82) is 0 Å². The number of methoxy groups -OCH3 is 1. The van der Waals surface area contributed by atoms with E-state index in [0.29, 0.717) is 6.04 Å². The van der Waals surface area contributed by atoms with Crippen LogP contribution < -0.4 is 16.0 Å². The first-order valence-corrected chi connectivity index (χ1v) is 6.57. The van der Waals surface area contributed by atoms with Crippen molar-refractivity contribution in [3.63, 3.8) is 0 Å². The summed E-state index contributed by atoms with van der Waals surface area (Å²) in [5.41, 5.74) is 1.83. The molecule has 2 rings (SSSR count). The standard InChI is InChI=1S/C14H21N3O2/c1-15-14(18)17-12-7-5-11(6-8-12)16-13(9-19-2)10-3-4-10/h5-8,10,13,16H,3-4,9H2,1-2H3,(H2,15,17,18). The fourth-order valence-corrected chi connectivity index (χ4v) is 2.03. The summed E-state index contributed by atoms with van der Waals surface area (Å²) in [4.78, 5) is 11.2. The number of amides is 2. The molecule has 5 heteroatoms. The minimum Gasteiger partial charge on any atom is -0.383 e. The topological polar surface area (TPSA) is 62.4 Å². The van der Waals surface area contributed by atoms with Crippen LogP contribution in [0.25, 0.3) is 0 Å². The molecule has 19 heavy (non-hydrogen) atoms. The van der Waals surface area contributed by atoms with Crippen molar-refractivity contribution in [3.8, 4) is 0 Å². The minimum absolute atomic E-state index is 0.212. The van der Waals surface area contributed by atoms with Crippen molar-refractivity contribution in [3.05, 3.63) is 24.3 Å². The number of carbonyl (C=O) groups is 1. The third-order valence-electron chi connectivity index (χ3n) is 3.26. The average Bonchev–Trinajstić information content (AvgIpc) is 3.24. The summed E-state index contributed by atoms with van der Waals surface area (Å²) in [5.74, 6) is 0.726. The third-order valence-corrected chi connectivity index (χ3v) is 3.26. The van der Waals surface area contributed by atoms with Gasteiger partial charge in [-0.3, -0.25) is 0 Å². The molecule has 2 amide bonds. The highest BCUT2D eigenvalue weighted by Crippen LogP contribution is 2.34. The predicted molar refractivity (Wildman–Crippen MR) is 76.5 cm³/mol. The van der Waals surface area contributed by atoms with Gasteiger partial charge in [-0.1, -0.05) is 0 Å². The summed E-state index contributed by atoms with van der Waals surface area (Å²) in [7, 11) is 3.32. The first-order valence-electron chi connectivity index (χ1n) is 6.57. The van der Waals surface area contributed by atoms with Crippen molar-refractivity contribution in [2.24, 2.45) is 5.92 Å². The van der Waals surface area contributed by atoms with E-state index in [1.54, 1.807) is 14.2 Å². The largest absolute Gasteiger partial charge is 0.383 e. The summed E-state index contributed by atoms with van der Waals surface area (Å²) >= 11 is 0. The van der Waals surface area contributed by atoms with Gasteiger partial charge in [0.1, 0.15) is 0 Å². The highest BCUT2D eigenvalue weighted by molar-refractivity contribution is 5.89. The van der Waals surface area contributed by atoms with E-state index < -0.39 is 0 Å². The molecule has 5 nitrogen and oxygen atoms in total. The summed E-state index contributed by atoms with van der Waals surface area (Å²) in [6.07, 6.45) is 2.55. The number of urea groups is 1. The van der Waals surface area contributed by atoms with Crippen LogP contribution in [0.15, 0.2) is 24.3 Å². The number of hydrogen-bond acceptors (Lipinski definition) is 3. The monoisotopic (exact) mass is 263 g/mol. The van der Waals surface area contributed by atoms with Crippen LogP contribution in [0.3, 0.4) is 0 Å². The zero-order valence-corrected chi connectivity index (χ0v) is 11.4. The van der Waals surface area contributed by atoms with Gasteiger partial charge >= 0.3 is 6.03 Å². The zero-order chi connectivity index (χ0) is 13.7. The van der Waals surface area contributed by atoms with Gasteiger partial charge in [-0.2, -0.15) is 0 Å². The Hall–Kier alpha value is -1.75. The van der Waals surface area contributed by atoms with Gasteiger partial charge in [-0.25, -0.2) is 4.79 Å². The van der Waals surface area contributed by atoms with Gasteiger partial charge in [0.25, 0.3) is 0 Å². The van der Waals surface area contributed by atoms with Gasteiger partial charge in [-0.15, -0.1) is 0 Å². The summed E-state index contributed by atoms with van der Waals surface area (Å²) < 4.78 is 5.24. The molecule has 1 aromatic rings. The molecule has 0 radical (unpaired) electrons. The van der Waals surface area contributed by atoms with Crippen LogP contribution in [0.5, 0.6) is 0 Å². The van der Waals surface area contributed by atoms with Crippen LogP contribution in [0.4, 0.5) is 16.2 Å². The number of benzene rings is 1. The number of ether oxygens (including phenoxy) is 1. The molecule has 0 heterocycles. The molecule has 0 aromatic heterocycles. The highest BCUT2D eigenvalue weighted by atomic mass is 16.5. The van der Waals surface area contributed by atoms with Gasteiger partial charge < -0.3 is 20.7 Å². The Balaban J connectivity index is 1.91. The maximum atomic E-state index is 11.2. The Kier molecular flexibility index (Phi) is 4.63. The molecule has 3 N–H and O–H groups in total. The first-order chi connectivity index (χ1) is 9.22. The van der Waals surface area contributed by atoms with Crippen molar-refractivity contribution in [1.82, 2.24) is 5.32 Å². The van der Waals surface area contributed by atoms with Crippen LogP contribution in [0, 0.1) is 5.92 Å². The molecule has 0 spiro atoms. The molecule has 1 unspecified atom stereocenters. The van der Waals surface area contributed by atoms with Crippen molar-refractivity contribution >= 4 is 17.4 Å². The Labute approximate surface area is 113 Å². The van der Waals surface area contributed by atoms with E-state index in [1.807, 2.05) is 24.3 Å². The lowest BCUT2D eigenvalue weighted by atomic mass is 10.2. The van der Waals surface area contributed by atoms with Crippen LogP contribution in [0.1, 0.15) is 12.8 Å². The molecule has 0 bridgehead atoms. The van der Waals surface area contributed by atoms with Gasteiger partial charge in [0.2, 0.25) is 0 Å². The third kappa shape index (κ3) is 4.13. The molecule has 1 saturated carbocycles. The Bertz CT molecular complexity index is 415. The van der Waals surface area contributed by atoms with E-state index in [9.17, 15) is 4.79 Å². The van der Waals surface area contributed by atoms with Gasteiger partial charge in [0, 0.05) is 25.5 Å². The molecule has 1 aliphatic carbocycles. The quantitative estimate of drug-likeness (QED) is 0.738. The number of carbonyl (C=O) groups excluding carboxylic acids is 1. The maximum absolute atomic E-state index is 11.2. The number of nitrogens with one attached hydrogen (secondary N) is 3. The van der Waals surface area contributed by atoms with Crippen LogP contribution >= 0.6 is 0 Å². The van der Waals surface area contributed by atoms with Crippen LogP contribution in [-0.2, 0) is 4.74 Å². The lowest BCUT2D eigenvalue weighted by Gasteiger charge is -2.18. The number of rotatable bonds is 6. The van der Waals surface area contributed by atoms with Gasteiger partial charge in [0.05, 0.1) is 12.6 Å². The predicted octanol–water partition coefficient (Wildman–Crippen LogP) is 2.27. The van der Waals surface area contributed by atoms with Crippen molar-refractivity contribution < 1.29 is 9.53 Å². The second-order valence-corrected chi connectivity index (χ2v) is 4.83. The smallest absolute Gasteiger partial charge is 0.318 e. The lowest BCUT2D eigenvalue weighted by molar-refractivity contribution is 0.179. The van der Waals surface area contributed by atoms with Crippen LogP contribution in [-0.4, -0.2) is 32.8 Å². The van der Waals surface area contributed by atoms with Crippen molar-refractivity contribution in [2.45, 2.75) is 18.9 Å². The molecular weight excluding hydrogens is 242 g/mol. The van der Waals surface area contributed by atoms with Crippen LogP contribution in [0.2, 0.25) is 0 Å². The van der Waals surface area contributed by atoms with E-state index in [4.69, 9.17) is 4.74 Å². The number of hydrogen-bond donors (Lipinski definition) is 3. The fraction of sp³-hybridized carbons (Fsp3) is 0.500. The van der Waals surface area contributed by atoms with E-state index >= 15 is 0 Å². The second-order valence-electron chi connectivity index (χ2n) is 4.83. The average molecular weight is 263 g/mol. The van der Waals surface area contributed by atoms with E-state index in [0.717, 1.165) is 23.9 Å². The van der Waals surface area contributed by atoms with E-state index in [1.165, 1.54) is 12.8 Å². The molecule has 1 atom stereocenters. The van der Waals surface area contributed by atoms with Crippen molar-refractivity contribution in [2.75, 3.05) is 31.4 Å². The molecule has 104 valence electrons. The summed E-state index contributed by atoms with van der Waals surface area (Å²) in [6.45, 7) is 0.725. The first kappa shape index (κ1) is 13.7. The SMILES string of the molecule is CNC(=O)Nc1ccc(NC(COC)C2CC2)cc1. The fourth-order valence-electron chi connectivity index (χ4n) is 2.03. The summed E-state index contributed by atoms with van der Waals surface area (Å²) in [6, 6.07) is 7.87. The van der Waals surface area contributed by atoms with E-state index in [-0.39, 0.29) is 6.03 Å². The van der Waals surface area contributed by atoms with Gasteiger partial charge in [0.15, 0.2) is 0 Å². The lowest BCUT2D eigenvalue weighted by Crippen LogP contribution is -2.27. The Morgan fingerprint density at radius 3 is 2.47 bits per heavy atom. The molecule has 0 aliphatic heterocycles. The summed E-state index contributed by atoms with van der Waals surface area (Å²) in [5, 5.41) is 8.73. The maximum Gasteiger partial charge on any atom is 0.318 e. The Morgan fingerprint density at radius 2 is 1.95 bits per heavy atom. The Morgan fingerprint density at radius 1 is 1.32 bits per heavy atom. The molecule has 0 saturated heterocycles. The van der Waals surface area contributed by atoms with E-state index in [2.05, 4.69) is 16.0 Å². The minimum atomic E-state index is -0.212. The molecule has 1 aliphatic rings. The normalized spacial score (nSPS) is 15.7.